The zero-order valence-electron chi connectivity index (χ0n) is 12.9. The summed E-state index contributed by atoms with van der Waals surface area (Å²) in [5.74, 6) is -0.427. The first kappa shape index (κ1) is 16.0. The highest BCUT2D eigenvalue weighted by Gasteiger charge is 2.37. The molecule has 0 unspecified atom stereocenters. The van der Waals surface area contributed by atoms with Crippen molar-refractivity contribution in [1.82, 2.24) is 10.6 Å². The van der Waals surface area contributed by atoms with Gasteiger partial charge in [0.05, 0.1) is 12.1 Å². The van der Waals surface area contributed by atoms with Crippen LogP contribution in [-0.4, -0.2) is 41.8 Å². The third-order valence-corrected chi connectivity index (χ3v) is 4.47. The van der Waals surface area contributed by atoms with Crippen LogP contribution in [0.15, 0.2) is 30.3 Å². The lowest BCUT2D eigenvalue weighted by atomic mass is 9.92. The highest BCUT2D eigenvalue weighted by Crippen LogP contribution is 2.24. The molecule has 1 saturated heterocycles. The molecule has 3 rings (SSSR count). The van der Waals surface area contributed by atoms with Crippen LogP contribution in [0.25, 0.3) is 0 Å². The number of aliphatic hydroxyl groups is 1. The van der Waals surface area contributed by atoms with Crippen LogP contribution in [-0.2, 0) is 14.3 Å². The number of hydrogen-bond acceptors (Lipinski definition) is 4. The second kappa shape index (κ2) is 7.10. The Kier molecular flexibility index (Phi) is 4.93. The minimum absolute atomic E-state index is 0.0588. The van der Waals surface area contributed by atoms with Crippen LogP contribution in [0.3, 0.4) is 0 Å². The number of aliphatic hydroxyl groups excluding tert-OH is 1. The average molecular weight is 318 g/mol. The molecule has 6 heteroatoms. The summed E-state index contributed by atoms with van der Waals surface area (Å²) in [6.45, 7) is -0.106. The van der Waals surface area contributed by atoms with Crippen molar-refractivity contribution in [2.75, 3.05) is 6.61 Å². The van der Waals surface area contributed by atoms with Gasteiger partial charge in [0.25, 0.3) is 5.91 Å². The molecule has 6 nitrogen and oxygen atoms in total. The molecule has 1 aromatic carbocycles. The summed E-state index contributed by atoms with van der Waals surface area (Å²) in [6, 6.07) is 8.95. The normalized spacial score (nSPS) is 31.3. The van der Waals surface area contributed by atoms with Crippen LogP contribution < -0.4 is 10.6 Å². The van der Waals surface area contributed by atoms with Gasteiger partial charge in [0.1, 0.15) is 6.61 Å². The van der Waals surface area contributed by atoms with Gasteiger partial charge < -0.3 is 20.5 Å². The first-order chi connectivity index (χ1) is 11.1. The third-order valence-electron chi connectivity index (χ3n) is 4.47. The predicted octanol–water partition coefficient (Wildman–Crippen LogP) is 0.662. The molecule has 0 spiro atoms. The van der Waals surface area contributed by atoms with Gasteiger partial charge in [-0.25, -0.2) is 0 Å². The van der Waals surface area contributed by atoms with Gasteiger partial charge in [-0.2, -0.15) is 0 Å². The highest BCUT2D eigenvalue weighted by molar-refractivity contribution is 5.86. The maximum Gasteiger partial charge on any atom is 0.251 e. The van der Waals surface area contributed by atoms with E-state index in [4.69, 9.17) is 4.74 Å². The lowest BCUT2D eigenvalue weighted by Gasteiger charge is -2.34. The summed E-state index contributed by atoms with van der Waals surface area (Å²) >= 11 is 0. The summed E-state index contributed by atoms with van der Waals surface area (Å²) in [7, 11) is 0. The molecule has 2 amide bonds. The molecule has 124 valence electrons. The smallest absolute Gasteiger partial charge is 0.251 e. The molecule has 2 fully saturated rings. The van der Waals surface area contributed by atoms with Gasteiger partial charge in [-0.1, -0.05) is 30.3 Å². The minimum Gasteiger partial charge on any atom is -0.393 e. The van der Waals surface area contributed by atoms with E-state index in [0.29, 0.717) is 12.8 Å². The second-order valence-corrected chi connectivity index (χ2v) is 6.20. The van der Waals surface area contributed by atoms with Gasteiger partial charge >= 0.3 is 0 Å². The number of morpholine rings is 1. The molecular formula is C17H22N2O4. The Balaban J connectivity index is 1.68. The van der Waals surface area contributed by atoms with Gasteiger partial charge in [-0.15, -0.1) is 0 Å². The van der Waals surface area contributed by atoms with Gasteiger partial charge in [0.2, 0.25) is 5.91 Å². The molecule has 1 aromatic rings. The van der Waals surface area contributed by atoms with Crippen LogP contribution >= 0.6 is 0 Å². The number of nitrogens with one attached hydrogen (secondary N) is 2. The van der Waals surface area contributed by atoms with Crippen LogP contribution in [0.2, 0.25) is 0 Å². The summed E-state index contributed by atoms with van der Waals surface area (Å²) in [6.07, 6.45) is 1.95. The molecular weight excluding hydrogens is 296 g/mol. The Morgan fingerprint density at radius 3 is 2.57 bits per heavy atom. The first-order valence-corrected chi connectivity index (χ1v) is 8.08. The van der Waals surface area contributed by atoms with Crippen LogP contribution in [0, 0.1) is 0 Å². The van der Waals surface area contributed by atoms with Crippen molar-refractivity contribution < 1.29 is 19.4 Å². The van der Waals surface area contributed by atoms with Crippen LogP contribution in [0.4, 0.5) is 0 Å². The van der Waals surface area contributed by atoms with E-state index >= 15 is 0 Å². The molecule has 1 saturated carbocycles. The molecule has 1 heterocycles. The summed E-state index contributed by atoms with van der Waals surface area (Å²) in [5, 5.41) is 15.4. The number of rotatable bonds is 3. The van der Waals surface area contributed by atoms with E-state index in [-0.39, 0.29) is 30.6 Å². The Hall–Kier alpha value is -1.92. The number of carbonyl (C=O) groups excluding carboxylic acids is 2. The van der Waals surface area contributed by atoms with Gasteiger partial charge in [-0.3, -0.25) is 9.59 Å². The Labute approximate surface area is 135 Å². The van der Waals surface area contributed by atoms with Crippen molar-refractivity contribution in [2.24, 2.45) is 0 Å². The zero-order valence-corrected chi connectivity index (χ0v) is 12.9. The van der Waals surface area contributed by atoms with Crippen LogP contribution in [0.1, 0.15) is 37.3 Å². The van der Waals surface area contributed by atoms with Crippen molar-refractivity contribution in [3.8, 4) is 0 Å². The number of carbonyl (C=O) groups is 2. The zero-order chi connectivity index (χ0) is 16.2. The molecule has 3 N–H and O–H groups in total. The highest BCUT2D eigenvalue weighted by atomic mass is 16.5. The van der Waals surface area contributed by atoms with Gasteiger partial charge in [0.15, 0.2) is 6.10 Å². The lowest BCUT2D eigenvalue weighted by molar-refractivity contribution is -0.148. The van der Waals surface area contributed by atoms with E-state index in [1.54, 1.807) is 0 Å². The predicted molar refractivity (Wildman–Crippen MR) is 83.5 cm³/mol. The Bertz CT molecular complexity index is 555. The van der Waals surface area contributed by atoms with Crippen LogP contribution in [0.5, 0.6) is 0 Å². The summed E-state index contributed by atoms with van der Waals surface area (Å²) < 4.78 is 5.51. The first-order valence-electron chi connectivity index (χ1n) is 8.08. The van der Waals surface area contributed by atoms with E-state index in [9.17, 15) is 14.7 Å². The monoisotopic (exact) mass is 318 g/mol. The molecule has 2 atom stereocenters. The average Bonchev–Trinajstić information content (AvgIpc) is 2.57. The third kappa shape index (κ3) is 3.89. The number of amides is 2. The number of benzene rings is 1. The number of ether oxygens (including phenoxy) is 1. The Morgan fingerprint density at radius 1 is 1.17 bits per heavy atom. The SMILES string of the molecule is O=C1CO[C@H](C(=O)NC2CCC(O)CC2)[C@@H](c2ccccc2)N1. The molecule has 0 bridgehead atoms. The fraction of sp³-hybridized carbons (Fsp3) is 0.529. The summed E-state index contributed by atoms with van der Waals surface area (Å²) in [5.41, 5.74) is 0.847. The van der Waals surface area contributed by atoms with E-state index in [0.717, 1.165) is 18.4 Å². The van der Waals surface area contributed by atoms with Gasteiger partial charge in [-0.05, 0) is 31.2 Å². The maximum absolute atomic E-state index is 12.6. The van der Waals surface area contributed by atoms with E-state index < -0.39 is 12.1 Å². The molecule has 0 radical (unpaired) electrons. The minimum atomic E-state index is -0.734. The molecule has 2 aliphatic rings. The fourth-order valence-corrected chi connectivity index (χ4v) is 3.20. The summed E-state index contributed by atoms with van der Waals surface area (Å²) in [4.78, 5) is 24.2. The van der Waals surface area contributed by atoms with Crippen molar-refractivity contribution in [2.45, 2.75) is 50.0 Å². The molecule has 23 heavy (non-hydrogen) atoms. The standard InChI is InChI=1S/C17H22N2O4/c20-13-8-6-12(7-9-13)18-17(22)16-15(19-14(21)10-23-16)11-4-2-1-3-5-11/h1-5,12-13,15-16,20H,6-10H2,(H,18,22)(H,19,21)/t12?,13?,15-,16+/m1/s1. The topological polar surface area (TPSA) is 87.7 Å². The van der Waals surface area contributed by atoms with Crippen molar-refractivity contribution in [1.29, 1.82) is 0 Å². The van der Waals surface area contributed by atoms with Crippen molar-refractivity contribution >= 4 is 11.8 Å². The second-order valence-electron chi connectivity index (χ2n) is 6.20. The van der Waals surface area contributed by atoms with E-state index in [2.05, 4.69) is 10.6 Å². The Morgan fingerprint density at radius 2 is 1.87 bits per heavy atom. The largest absolute Gasteiger partial charge is 0.393 e. The van der Waals surface area contributed by atoms with E-state index in [1.165, 1.54) is 0 Å². The molecule has 1 aliphatic carbocycles. The van der Waals surface area contributed by atoms with Crippen molar-refractivity contribution in [3.05, 3.63) is 35.9 Å². The van der Waals surface area contributed by atoms with Crippen molar-refractivity contribution in [3.63, 3.8) is 0 Å². The van der Waals surface area contributed by atoms with Gasteiger partial charge in [0, 0.05) is 6.04 Å². The number of hydrogen-bond donors (Lipinski definition) is 3. The maximum atomic E-state index is 12.6. The molecule has 1 aliphatic heterocycles. The van der Waals surface area contributed by atoms with E-state index in [1.807, 2.05) is 30.3 Å². The molecule has 0 aromatic heterocycles. The lowest BCUT2D eigenvalue weighted by Crippen LogP contribution is -2.54. The quantitative estimate of drug-likeness (QED) is 0.764. The fourth-order valence-electron chi connectivity index (χ4n) is 3.20.